The summed E-state index contributed by atoms with van der Waals surface area (Å²) in [7, 11) is 0. The highest BCUT2D eigenvalue weighted by Crippen LogP contribution is 2.24. The zero-order valence-electron chi connectivity index (χ0n) is 8.96. The van der Waals surface area contributed by atoms with Crippen LogP contribution in [0.2, 0.25) is 0 Å². The predicted octanol–water partition coefficient (Wildman–Crippen LogP) is 3.89. The summed E-state index contributed by atoms with van der Waals surface area (Å²) in [5.74, 6) is 0.660. The molecule has 0 amide bonds. The van der Waals surface area contributed by atoms with Crippen LogP contribution < -0.4 is 4.74 Å². The Morgan fingerprint density at radius 1 is 1.53 bits per heavy atom. The molecule has 15 heavy (non-hydrogen) atoms. The van der Waals surface area contributed by atoms with E-state index < -0.39 is 0 Å². The summed E-state index contributed by atoms with van der Waals surface area (Å²) >= 11 is 3.36. The van der Waals surface area contributed by atoms with E-state index in [4.69, 9.17) is 10.00 Å². The minimum atomic E-state index is 0.149. The maximum Gasteiger partial charge on any atom is 0.138 e. The third-order valence-electron chi connectivity index (χ3n) is 2.09. The van der Waals surface area contributed by atoms with Gasteiger partial charge in [0.25, 0.3) is 0 Å². The Kier molecular flexibility index (Phi) is 4.64. The van der Waals surface area contributed by atoms with Gasteiger partial charge in [-0.2, -0.15) is 5.26 Å². The van der Waals surface area contributed by atoms with Crippen LogP contribution in [0.1, 0.15) is 32.3 Å². The third-order valence-corrected chi connectivity index (χ3v) is 2.58. The number of benzene rings is 1. The van der Waals surface area contributed by atoms with E-state index in [1.165, 1.54) is 0 Å². The molecule has 1 atom stereocenters. The van der Waals surface area contributed by atoms with Gasteiger partial charge < -0.3 is 4.74 Å². The van der Waals surface area contributed by atoms with Crippen LogP contribution in [0.3, 0.4) is 0 Å². The fraction of sp³-hybridized carbons (Fsp3) is 0.417. The third kappa shape index (κ3) is 3.56. The molecule has 1 aromatic carbocycles. The molecule has 0 aliphatic rings. The SMILES string of the molecule is CCCC(C)Oc1cc(Br)ccc1C#N. The van der Waals surface area contributed by atoms with Crippen LogP contribution in [0.4, 0.5) is 0 Å². The molecule has 0 aromatic heterocycles. The number of nitrogens with zero attached hydrogens (tertiary/aromatic N) is 1. The Hall–Kier alpha value is -1.01. The van der Waals surface area contributed by atoms with Gasteiger partial charge in [0.15, 0.2) is 0 Å². The summed E-state index contributed by atoms with van der Waals surface area (Å²) in [5.41, 5.74) is 0.584. The average Bonchev–Trinajstić information content (AvgIpc) is 2.18. The lowest BCUT2D eigenvalue weighted by Crippen LogP contribution is -2.11. The lowest BCUT2D eigenvalue weighted by molar-refractivity contribution is 0.209. The molecule has 0 radical (unpaired) electrons. The summed E-state index contributed by atoms with van der Waals surface area (Å²) in [6.07, 6.45) is 2.23. The molecule has 0 aliphatic carbocycles. The topological polar surface area (TPSA) is 33.0 Å². The number of hydrogen-bond acceptors (Lipinski definition) is 2. The van der Waals surface area contributed by atoms with Gasteiger partial charge >= 0.3 is 0 Å². The van der Waals surface area contributed by atoms with Gasteiger partial charge in [-0.05, 0) is 31.5 Å². The van der Waals surface area contributed by atoms with Crippen molar-refractivity contribution < 1.29 is 4.74 Å². The number of halogens is 1. The van der Waals surface area contributed by atoms with Crippen LogP contribution in [0.25, 0.3) is 0 Å². The van der Waals surface area contributed by atoms with Crippen LogP contribution in [0, 0.1) is 11.3 Å². The Morgan fingerprint density at radius 3 is 2.87 bits per heavy atom. The summed E-state index contributed by atoms with van der Waals surface area (Å²) < 4.78 is 6.64. The number of hydrogen-bond donors (Lipinski definition) is 0. The second kappa shape index (κ2) is 5.77. The molecule has 0 bridgehead atoms. The van der Waals surface area contributed by atoms with E-state index in [9.17, 15) is 0 Å². The number of nitriles is 1. The second-order valence-electron chi connectivity index (χ2n) is 3.47. The monoisotopic (exact) mass is 267 g/mol. The molecule has 80 valence electrons. The average molecular weight is 268 g/mol. The van der Waals surface area contributed by atoms with Crippen molar-refractivity contribution in [3.05, 3.63) is 28.2 Å². The van der Waals surface area contributed by atoms with Crippen LogP contribution in [-0.4, -0.2) is 6.10 Å². The summed E-state index contributed by atoms with van der Waals surface area (Å²) in [6.45, 7) is 4.14. The largest absolute Gasteiger partial charge is 0.489 e. The number of rotatable bonds is 4. The predicted molar refractivity (Wildman–Crippen MR) is 63.9 cm³/mol. The second-order valence-corrected chi connectivity index (χ2v) is 4.39. The van der Waals surface area contributed by atoms with Crippen molar-refractivity contribution in [1.82, 2.24) is 0 Å². The van der Waals surface area contributed by atoms with Crippen molar-refractivity contribution in [2.75, 3.05) is 0 Å². The zero-order valence-corrected chi connectivity index (χ0v) is 10.5. The van der Waals surface area contributed by atoms with E-state index in [-0.39, 0.29) is 6.10 Å². The van der Waals surface area contributed by atoms with Crippen molar-refractivity contribution in [3.8, 4) is 11.8 Å². The normalized spacial score (nSPS) is 11.9. The molecular formula is C12H14BrNO. The summed E-state index contributed by atoms with van der Waals surface area (Å²) in [6, 6.07) is 7.57. The quantitative estimate of drug-likeness (QED) is 0.829. The molecule has 0 saturated heterocycles. The van der Waals surface area contributed by atoms with Gasteiger partial charge in [0.1, 0.15) is 11.8 Å². The molecule has 0 N–H and O–H groups in total. The van der Waals surface area contributed by atoms with Gasteiger partial charge in [-0.25, -0.2) is 0 Å². The van der Waals surface area contributed by atoms with Crippen LogP contribution in [0.5, 0.6) is 5.75 Å². The molecule has 0 aliphatic heterocycles. The molecular weight excluding hydrogens is 254 g/mol. The summed E-state index contributed by atoms with van der Waals surface area (Å²) in [5, 5.41) is 8.91. The number of ether oxygens (including phenoxy) is 1. The van der Waals surface area contributed by atoms with Crippen molar-refractivity contribution in [3.63, 3.8) is 0 Å². The molecule has 1 aromatic rings. The first-order chi connectivity index (χ1) is 7.17. The molecule has 0 heterocycles. The lowest BCUT2D eigenvalue weighted by atomic mass is 10.2. The zero-order chi connectivity index (χ0) is 11.3. The van der Waals surface area contributed by atoms with E-state index in [2.05, 4.69) is 28.9 Å². The maximum atomic E-state index is 8.91. The van der Waals surface area contributed by atoms with E-state index in [0.717, 1.165) is 17.3 Å². The highest BCUT2D eigenvalue weighted by Gasteiger charge is 2.08. The fourth-order valence-corrected chi connectivity index (χ4v) is 1.71. The highest BCUT2D eigenvalue weighted by molar-refractivity contribution is 9.10. The summed E-state index contributed by atoms with van der Waals surface area (Å²) in [4.78, 5) is 0. The molecule has 1 unspecified atom stereocenters. The van der Waals surface area contributed by atoms with Crippen LogP contribution in [0.15, 0.2) is 22.7 Å². The van der Waals surface area contributed by atoms with E-state index in [0.29, 0.717) is 11.3 Å². The fourth-order valence-electron chi connectivity index (χ4n) is 1.37. The van der Waals surface area contributed by atoms with Crippen molar-refractivity contribution in [2.24, 2.45) is 0 Å². The first-order valence-corrected chi connectivity index (χ1v) is 5.83. The maximum absolute atomic E-state index is 8.91. The molecule has 2 nitrogen and oxygen atoms in total. The van der Waals surface area contributed by atoms with Crippen molar-refractivity contribution in [1.29, 1.82) is 5.26 Å². The molecule has 1 rings (SSSR count). The minimum Gasteiger partial charge on any atom is -0.489 e. The smallest absolute Gasteiger partial charge is 0.138 e. The molecule has 0 saturated carbocycles. The van der Waals surface area contributed by atoms with Gasteiger partial charge in [0.2, 0.25) is 0 Å². The minimum absolute atomic E-state index is 0.149. The first kappa shape index (κ1) is 12.1. The van der Waals surface area contributed by atoms with Gasteiger partial charge in [-0.3, -0.25) is 0 Å². The van der Waals surface area contributed by atoms with Gasteiger partial charge in [-0.15, -0.1) is 0 Å². The van der Waals surface area contributed by atoms with E-state index in [1.54, 1.807) is 6.07 Å². The van der Waals surface area contributed by atoms with Gasteiger partial charge in [0, 0.05) is 4.47 Å². The van der Waals surface area contributed by atoms with Gasteiger partial charge in [0.05, 0.1) is 11.7 Å². The van der Waals surface area contributed by atoms with Crippen LogP contribution >= 0.6 is 15.9 Å². The van der Waals surface area contributed by atoms with E-state index in [1.807, 2.05) is 19.1 Å². The lowest BCUT2D eigenvalue weighted by Gasteiger charge is -2.14. The van der Waals surface area contributed by atoms with Crippen LogP contribution in [-0.2, 0) is 0 Å². The molecule has 3 heteroatoms. The molecule has 0 spiro atoms. The Bertz CT molecular complexity index is 370. The van der Waals surface area contributed by atoms with Crippen molar-refractivity contribution in [2.45, 2.75) is 32.8 Å². The first-order valence-electron chi connectivity index (χ1n) is 5.03. The van der Waals surface area contributed by atoms with E-state index >= 15 is 0 Å². The van der Waals surface area contributed by atoms with Gasteiger partial charge in [-0.1, -0.05) is 29.3 Å². The Balaban J connectivity index is 2.83. The van der Waals surface area contributed by atoms with Crippen molar-refractivity contribution >= 4 is 15.9 Å². The highest BCUT2D eigenvalue weighted by atomic mass is 79.9. The molecule has 0 fully saturated rings. The Morgan fingerprint density at radius 2 is 2.27 bits per heavy atom. The Labute approximate surface area is 99.0 Å². The standard InChI is InChI=1S/C12H14BrNO/c1-3-4-9(2)15-12-7-11(13)6-5-10(12)8-14/h5-7,9H,3-4H2,1-2H3.